The van der Waals surface area contributed by atoms with Gasteiger partial charge in [-0.05, 0) is 34.7 Å². The zero-order chi connectivity index (χ0) is 12.7. The molecule has 0 radical (unpaired) electrons. The van der Waals surface area contributed by atoms with E-state index in [-0.39, 0.29) is 5.88 Å². The molecular weight excluding hydrogens is 367 g/mol. The molecule has 0 unspecified atom stereocenters. The lowest BCUT2D eigenvalue weighted by Gasteiger charge is -2.06. The van der Waals surface area contributed by atoms with Crippen LogP contribution in [0.3, 0.4) is 0 Å². The maximum absolute atomic E-state index is 9.93. The van der Waals surface area contributed by atoms with Crippen LogP contribution in [0.2, 0.25) is 5.02 Å². The Morgan fingerprint density at radius 3 is 2.83 bits per heavy atom. The molecule has 0 saturated carbocycles. The molecule has 0 spiro atoms. The van der Waals surface area contributed by atoms with Crippen molar-refractivity contribution in [1.82, 2.24) is 19.5 Å². The fraction of sp³-hybridized carbons (Fsp3) is 0. The Kier molecular flexibility index (Phi) is 2.83. The maximum atomic E-state index is 9.93. The molecule has 18 heavy (non-hydrogen) atoms. The molecule has 7 heteroatoms. The van der Waals surface area contributed by atoms with Crippen molar-refractivity contribution < 1.29 is 5.11 Å². The Hall–Kier alpha value is -1.41. The van der Waals surface area contributed by atoms with E-state index in [1.165, 1.54) is 0 Å². The fourth-order valence-electron chi connectivity index (χ4n) is 1.59. The Bertz CT molecular complexity index is 729. The molecule has 0 saturated heterocycles. The number of hydrogen-bond donors (Lipinski definition) is 1. The largest absolute Gasteiger partial charge is 0.493 e. The van der Waals surface area contributed by atoms with Gasteiger partial charge in [0.05, 0.1) is 15.9 Å². The van der Waals surface area contributed by atoms with E-state index in [4.69, 9.17) is 11.6 Å². The SMILES string of the molecule is Oc1nc(-n2ccnc2)nc2cc(Cl)c(I)cc12. The van der Waals surface area contributed by atoms with Gasteiger partial charge in [0.2, 0.25) is 11.8 Å². The molecule has 0 aliphatic carbocycles. The minimum absolute atomic E-state index is 0.0710. The standard InChI is InChI=1S/C11H6ClIN4O/c12-7-4-9-6(3-8(7)13)10(18)16-11(15-9)17-2-1-14-5-17/h1-5H,(H,15,16,18). The van der Waals surface area contributed by atoms with Crippen LogP contribution in [0.25, 0.3) is 16.9 Å². The quantitative estimate of drug-likeness (QED) is 0.667. The number of hydrogen-bond acceptors (Lipinski definition) is 4. The molecule has 5 nitrogen and oxygen atoms in total. The molecule has 1 aromatic carbocycles. The van der Waals surface area contributed by atoms with Crippen LogP contribution in [0.15, 0.2) is 30.9 Å². The predicted octanol–water partition coefficient (Wildman–Crippen LogP) is 2.78. The molecule has 2 heterocycles. The monoisotopic (exact) mass is 372 g/mol. The molecule has 3 aromatic rings. The second kappa shape index (κ2) is 4.36. The summed E-state index contributed by atoms with van der Waals surface area (Å²) in [5.74, 6) is 0.285. The van der Waals surface area contributed by atoms with E-state index in [1.807, 2.05) is 0 Å². The molecule has 0 atom stereocenters. The number of fused-ring (bicyclic) bond motifs is 1. The van der Waals surface area contributed by atoms with Gasteiger partial charge in [0.1, 0.15) is 6.33 Å². The zero-order valence-electron chi connectivity index (χ0n) is 8.88. The summed E-state index contributed by atoms with van der Waals surface area (Å²) < 4.78 is 2.46. The molecular formula is C11H6ClIN4O. The van der Waals surface area contributed by atoms with Gasteiger partial charge in [0, 0.05) is 16.0 Å². The van der Waals surface area contributed by atoms with E-state index in [0.29, 0.717) is 21.9 Å². The number of benzene rings is 1. The molecule has 0 fully saturated rings. The van der Waals surface area contributed by atoms with E-state index in [9.17, 15) is 5.11 Å². The highest BCUT2D eigenvalue weighted by atomic mass is 127. The van der Waals surface area contributed by atoms with Gasteiger partial charge in [-0.25, -0.2) is 9.97 Å². The fourth-order valence-corrected chi connectivity index (χ4v) is 2.21. The van der Waals surface area contributed by atoms with Crippen molar-refractivity contribution in [2.45, 2.75) is 0 Å². The lowest BCUT2D eigenvalue weighted by molar-refractivity contribution is 0.458. The topological polar surface area (TPSA) is 63.8 Å². The normalized spacial score (nSPS) is 11.0. The smallest absolute Gasteiger partial charge is 0.238 e. The molecule has 0 bridgehead atoms. The van der Waals surface area contributed by atoms with Gasteiger partial charge < -0.3 is 5.11 Å². The van der Waals surface area contributed by atoms with Crippen molar-refractivity contribution >= 4 is 45.1 Å². The highest BCUT2D eigenvalue weighted by Gasteiger charge is 2.10. The lowest BCUT2D eigenvalue weighted by Crippen LogP contribution is -1.99. The molecule has 2 aromatic heterocycles. The minimum atomic E-state index is -0.0710. The summed E-state index contributed by atoms with van der Waals surface area (Å²) in [5, 5.41) is 11.1. The minimum Gasteiger partial charge on any atom is -0.493 e. The average molecular weight is 373 g/mol. The van der Waals surface area contributed by atoms with Gasteiger partial charge in [0.25, 0.3) is 0 Å². The molecule has 3 rings (SSSR count). The van der Waals surface area contributed by atoms with Gasteiger partial charge in [-0.3, -0.25) is 4.57 Å². The van der Waals surface area contributed by atoms with Crippen LogP contribution in [-0.2, 0) is 0 Å². The first-order chi connectivity index (χ1) is 8.65. The maximum Gasteiger partial charge on any atom is 0.238 e. The van der Waals surface area contributed by atoms with Gasteiger partial charge in [-0.2, -0.15) is 4.98 Å². The van der Waals surface area contributed by atoms with E-state index in [2.05, 4.69) is 37.5 Å². The Labute approximate surface area is 121 Å². The Morgan fingerprint density at radius 1 is 1.28 bits per heavy atom. The molecule has 0 aliphatic rings. The van der Waals surface area contributed by atoms with Crippen LogP contribution in [0, 0.1) is 3.57 Å². The number of halogens is 2. The summed E-state index contributed by atoms with van der Waals surface area (Å²) in [4.78, 5) is 12.3. The summed E-state index contributed by atoms with van der Waals surface area (Å²) in [6.45, 7) is 0. The van der Waals surface area contributed by atoms with Crippen molar-refractivity contribution in [3.8, 4) is 11.8 Å². The highest BCUT2D eigenvalue weighted by Crippen LogP contribution is 2.29. The van der Waals surface area contributed by atoms with Crippen molar-refractivity contribution in [1.29, 1.82) is 0 Å². The first-order valence-corrected chi connectivity index (χ1v) is 6.45. The summed E-state index contributed by atoms with van der Waals surface area (Å²) >= 11 is 8.14. The van der Waals surface area contributed by atoms with Crippen molar-refractivity contribution in [2.75, 3.05) is 0 Å². The van der Waals surface area contributed by atoms with Crippen LogP contribution in [0.5, 0.6) is 5.88 Å². The number of aromatic hydroxyl groups is 1. The van der Waals surface area contributed by atoms with Gasteiger partial charge in [0.15, 0.2) is 0 Å². The molecule has 0 aliphatic heterocycles. The van der Waals surface area contributed by atoms with E-state index < -0.39 is 0 Å². The average Bonchev–Trinajstić information content (AvgIpc) is 2.85. The highest BCUT2D eigenvalue weighted by molar-refractivity contribution is 14.1. The third-order valence-electron chi connectivity index (χ3n) is 2.44. The number of imidazole rings is 1. The number of aromatic nitrogens is 4. The van der Waals surface area contributed by atoms with Gasteiger partial charge in [-0.1, -0.05) is 11.6 Å². The first-order valence-electron chi connectivity index (χ1n) is 4.99. The van der Waals surface area contributed by atoms with Crippen LogP contribution >= 0.6 is 34.2 Å². The summed E-state index contributed by atoms with van der Waals surface area (Å²) in [6.07, 6.45) is 4.88. The first kappa shape index (κ1) is 11.7. The van der Waals surface area contributed by atoms with Crippen molar-refractivity contribution in [3.63, 3.8) is 0 Å². The van der Waals surface area contributed by atoms with Gasteiger partial charge in [-0.15, -0.1) is 0 Å². The van der Waals surface area contributed by atoms with Crippen LogP contribution in [0.4, 0.5) is 0 Å². The van der Waals surface area contributed by atoms with Crippen molar-refractivity contribution in [3.05, 3.63) is 39.4 Å². The summed E-state index contributed by atoms with van der Waals surface area (Å²) in [7, 11) is 0. The van der Waals surface area contributed by atoms with E-state index in [0.717, 1.165) is 3.57 Å². The van der Waals surface area contributed by atoms with Crippen molar-refractivity contribution in [2.24, 2.45) is 0 Å². The zero-order valence-corrected chi connectivity index (χ0v) is 11.8. The summed E-state index contributed by atoms with van der Waals surface area (Å²) in [6, 6.07) is 3.46. The Morgan fingerprint density at radius 2 is 2.11 bits per heavy atom. The molecule has 1 N–H and O–H groups in total. The molecule has 0 amide bonds. The van der Waals surface area contributed by atoms with Gasteiger partial charge >= 0.3 is 0 Å². The number of rotatable bonds is 1. The third-order valence-corrected chi connectivity index (χ3v) is 3.97. The second-order valence-corrected chi connectivity index (χ2v) is 5.17. The van der Waals surface area contributed by atoms with Crippen LogP contribution in [0.1, 0.15) is 0 Å². The van der Waals surface area contributed by atoms with E-state index >= 15 is 0 Å². The third kappa shape index (κ3) is 1.91. The number of nitrogens with zero attached hydrogens (tertiary/aromatic N) is 4. The summed E-state index contributed by atoms with van der Waals surface area (Å²) in [5.41, 5.74) is 0.594. The lowest BCUT2D eigenvalue weighted by atomic mass is 10.2. The van der Waals surface area contributed by atoms with Crippen LogP contribution in [-0.4, -0.2) is 24.6 Å². The predicted molar refractivity (Wildman–Crippen MR) is 76.1 cm³/mol. The van der Waals surface area contributed by atoms with E-state index in [1.54, 1.807) is 35.4 Å². The van der Waals surface area contributed by atoms with Crippen LogP contribution < -0.4 is 0 Å². The second-order valence-electron chi connectivity index (χ2n) is 3.60. The Balaban J connectivity index is 2.30. The molecule has 90 valence electrons.